The van der Waals surface area contributed by atoms with E-state index in [1.54, 1.807) is 38.5 Å². The number of hydrogen-bond acceptors (Lipinski definition) is 4. The zero-order chi connectivity index (χ0) is 17.4. The van der Waals surface area contributed by atoms with Crippen molar-refractivity contribution in [3.63, 3.8) is 0 Å². The van der Waals surface area contributed by atoms with Gasteiger partial charge in [0.05, 0.1) is 13.7 Å². The summed E-state index contributed by atoms with van der Waals surface area (Å²) in [4.78, 5) is 12.3. The van der Waals surface area contributed by atoms with E-state index in [2.05, 4.69) is 0 Å². The smallest absolute Gasteiger partial charge is 0.185 e. The molecule has 126 valence electrons. The first-order valence-electron chi connectivity index (χ1n) is 7.73. The molecule has 0 spiro atoms. The van der Waals surface area contributed by atoms with Gasteiger partial charge in [0.2, 0.25) is 0 Å². The van der Waals surface area contributed by atoms with E-state index in [0.717, 1.165) is 11.1 Å². The number of benzene rings is 2. The molecule has 0 aliphatic rings. The Bertz CT molecular complexity index is 719. The van der Waals surface area contributed by atoms with Crippen molar-refractivity contribution in [2.45, 2.75) is 6.92 Å². The molecule has 0 radical (unpaired) electrons. The zero-order valence-electron chi connectivity index (χ0n) is 14.2. The van der Waals surface area contributed by atoms with Crippen molar-refractivity contribution in [3.05, 3.63) is 65.2 Å². The maximum absolute atomic E-state index is 12.3. The summed E-state index contributed by atoms with van der Waals surface area (Å²) in [6.07, 6.45) is 3.37. The molecule has 0 heterocycles. The molecule has 4 heteroatoms. The molecule has 0 atom stereocenters. The average Bonchev–Trinajstić information content (AvgIpc) is 2.60. The van der Waals surface area contributed by atoms with Crippen LogP contribution in [0.3, 0.4) is 0 Å². The molecule has 0 fully saturated rings. The average molecular weight is 326 g/mol. The van der Waals surface area contributed by atoms with Crippen LogP contribution in [0.1, 0.15) is 21.5 Å². The van der Waals surface area contributed by atoms with Crippen LogP contribution in [0, 0.1) is 6.92 Å². The van der Waals surface area contributed by atoms with Crippen LogP contribution < -0.4 is 9.47 Å². The number of hydrogen-bond donors (Lipinski definition) is 0. The van der Waals surface area contributed by atoms with Gasteiger partial charge < -0.3 is 14.2 Å². The Kier molecular flexibility index (Phi) is 6.58. The highest BCUT2D eigenvalue weighted by Crippen LogP contribution is 2.28. The van der Waals surface area contributed by atoms with Gasteiger partial charge in [-0.1, -0.05) is 35.9 Å². The number of methoxy groups -OCH3 is 2. The largest absolute Gasteiger partial charge is 0.493 e. The van der Waals surface area contributed by atoms with Crippen molar-refractivity contribution in [3.8, 4) is 11.5 Å². The van der Waals surface area contributed by atoms with Gasteiger partial charge in [0.1, 0.15) is 6.61 Å². The lowest BCUT2D eigenvalue weighted by Gasteiger charge is -2.11. The molecule has 0 saturated heterocycles. The van der Waals surface area contributed by atoms with Crippen LogP contribution in [0.25, 0.3) is 6.08 Å². The minimum absolute atomic E-state index is 0.0850. The topological polar surface area (TPSA) is 44.8 Å². The van der Waals surface area contributed by atoms with Crippen LogP contribution in [-0.2, 0) is 4.74 Å². The first-order chi connectivity index (χ1) is 11.6. The fourth-order valence-electron chi connectivity index (χ4n) is 2.22. The number of allylic oxidation sites excluding steroid dienone is 1. The molecule has 2 aromatic carbocycles. The zero-order valence-corrected chi connectivity index (χ0v) is 14.2. The van der Waals surface area contributed by atoms with Crippen LogP contribution in [0.2, 0.25) is 0 Å². The van der Waals surface area contributed by atoms with Crippen molar-refractivity contribution < 1.29 is 19.0 Å². The quantitative estimate of drug-likeness (QED) is 0.419. The Hall–Kier alpha value is -2.59. The van der Waals surface area contributed by atoms with Crippen LogP contribution in [0.15, 0.2) is 48.5 Å². The van der Waals surface area contributed by atoms with E-state index in [0.29, 0.717) is 30.3 Å². The Balaban J connectivity index is 2.11. The fourth-order valence-corrected chi connectivity index (χ4v) is 2.22. The molecular weight excluding hydrogens is 304 g/mol. The predicted octanol–water partition coefficient (Wildman–Crippen LogP) is 3.92. The van der Waals surface area contributed by atoms with Crippen molar-refractivity contribution in [2.24, 2.45) is 0 Å². The molecule has 4 nitrogen and oxygen atoms in total. The van der Waals surface area contributed by atoms with E-state index in [1.165, 1.54) is 0 Å². The van der Waals surface area contributed by atoms with Crippen LogP contribution >= 0.6 is 0 Å². The number of carbonyl (C=O) groups excluding carboxylic acids is 1. The second-order valence-electron chi connectivity index (χ2n) is 5.32. The van der Waals surface area contributed by atoms with Gasteiger partial charge in [-0.3, -0.25) is 4.79 Å². The first kappa shape index (κ1) is 17.8. The molecule has 0 unspecified atom stereocenters. The van der Waals surface area contributed by atoms with Crippen LogP contribution in [0.5, 0.6) is 11.5 Å². The van der Waals surface area contributed by atoms with Gasteiger partial charge in [0.25, 0.3) is 0 Å². The lowest BCUT2D eigenvalue weighted by atomic mass is 10.1. The van der Waals surface area contributed by atoms with E-state index in [4.69, 9.17) is 14.2 Å². The highest BCUT2D eigenvalue weighted by atomic mass is 16.5. The van der Waals surface area contributed by atoms with Crippen molar-refractivity contribution in [1.82, 2.24) is 0 Å². The highest BCUT2D eigenvalue weighted by molar-refractivity contribution is 6.07. The second kappa shape index (κ2) is 8.89. The van der Waals surface area contributed by atoms with Crippen molar-refractivity contribution in [2.75, 3.05) is 27.4 Å². The van der Waals surface area contributed by atoms with Gasteiger partial charge in [0, 0.05) is 12.7 Å². The summed E-state index contributed by atoms with van der Waals surface area (Å²) in [7, 11) is 3.16. The number of carbonyl (C=O) groups is 1. The summed E-state index contributed by atoms with van der Waals surface area (Å²) in [5, 5.41) is 0. The molecule has 0 N–H and O–H groups in total. The minimum Gasteiger partial charge on any atom is -0.493 e. The van der Waals surface area contributed by atoms with Gasteiger partial charge in [-0.05, 0) is 36.8 Å². The van der Waals surface area contributed by atoms with E-state index < -0.39 is 0 Å². The molecule has 0 amide bonds. The first-order valence-corrected chi connectivity index (χ1v) is 7.73. The highest BCUT2D eigenvalue weighted by Gasteiger charge is 2.09. The van der Waals surface area contributed by atoms with Crippen molar-refractivity contribution in [1.29, 1.82) is 0 Å². The van der Waals surface area contributed by atoms with Crippen molar-refractivity contribution >= 4 is 11.9 Å². The Morgan fingerprint density at radius 1 is 1.04 bits per heavy atom. The van der Waals surface area contributed by atoms with E-state index in [9.17, 15) is 4.79 Å². The fraction of sp³-hybridized carbons (Fsp3) is 0.250. The van der Waals surface area contributed by atoms with E-state index >= 15 is 0 Å². The lowest BCUT2D eigenvalue weighted by molar-refractivity contribution is 0.104. The summed E-state index contributed by atoms with van der Waals surface area (Å²) in [6.45, 7) is 2.93. The summed E-state index contributed by atoms with van der Waals surface area (Å²) in [5.41, 5.74) is 2.70. The Labute approximate surface area is 142 Å². The molecule has 0 aromatic heterocycles. The molecule has 0 bridgehead atoms. The summed E-state index contributed by atoms with van der Waals surface area (Å²) in [5.74, 6) is 1.04. The minimum atomic E-state index is -0.0850. The molecule has 0 saturated carbocycles. The third kappa shape index (κ3) is 4.96. The van der Waals surface area contributed by atoms with Crippen LogP contribution in [-0.4, -0.2) is 33.2 Å². The molecule has 0 aliphatic carbocycles. The molecule has 2 aromatic rings. The molecular formula is C20H22O4. The Morgan fingerprint density at radius 3 is 2.58 bits per heavy atom. The number of ether oxygens (including phenoxy) is 3. The third-order valence-electron chi connectivity index (χ3n) is 3.46. The van der Waals surface area contributed by atoms with Gasteiger partial charge in [-0.2, -0.15) is 0 Å². The van der Waals surface area contributed by atoms with Gasteiger partial charge >= 0.3 is 0 Å². The van der Waals surface area contributed by atoms with Gasteiger partial charge in [-0.25, -0.2) is 0 Å². The van der Waals surface area contributed by atoms with E-state index in [1.807, 2.05) is 37.3 Å². The normalized spacial score (nSPS) is 10.8. The third-order valence-corrected chi connectivity index (χ3v) is 3.46. The van der Waals surface area contributed by atoms with Gasteiger partial charge in [0.15, 0.2) is 17.3 Å². The molecule has 2 rings (SSSR count). The Morgan fingerprint density at radius 2 is 1.88 bits per heavy atom. The number of rotatable bonds is 8. The number of aryl methyl sites for hydroxylation is 1. The SMILES string of the molecule is COCCOc1ccc(C(=O)C=Cc2cccc(C)c2)cc1OC. The predicted molar refractivity (Wildman–Crippen MR) is 94.9 cm³/mol. The summed E-state index contributed by atoms with van der Waals surface area (Å²) >= 11 is 0. The van der Waals surface area contributed by atoms with Gasteiger partial charge in [-0.15, -0.1) is 0 Å². The summed E-state index contributed by atoms with van der Waals surface area (Å²) in [6, 6.07) is 13.1. The maximum Gasteiger partial charge on any atom is 0.185 e. The molecule has 0 aliphatic heterocycles. The van der Waals surface area contributed by atoms with Crippen LogP contribution in [0.4, 0.5) is 0 Å². The van der Waals surface area contributed by atoms with E-state index in [-0.39, 0.29) is 5.78 Å². The lowest BCUT2D eigenvalue weighted by Crippen LogP contribution is -2.06. The number of ketones is 1. The standard InChI is InChI=1S/C20H22O4/c1-15-5-4-6-16(13-15)7-9-18(21)17-8-10-19(20(14-17)23-3)24-12-11-22-2/h4-10,13-14H,11-12H2,1-3H3. The maximum atomic E-state index is 12.3. The molecule has 24 heavy (non-hydrogen) atoms. The second-order valence-corrected chi connectivity index (χ2v) is 5.32. The summed E-state index contributed by atoms with van der Waals surface area (Å²) < 4.78 is 15.8. The monoisotopic (exact) mass is 326 g/mol.